The van der Waals surface area contributed by atoms with Crippen molar-refractivity contribution in [3.8, 4) is 0 Å². The van der Waals surface area contributed by atoms with Gasteiger partial charge in [0.25, 0.3) is 5.91 Å². The van der Waals surface area contributed by atoms with Crippen molar-refractivity contribution in [3.05, 3.63) is 47.3 Å². The first-order valence-electron chi connectivity index (χ1n) is 8.37. The summed E-state index contributed by atoms with van der Waals surface area (Å²) >= 11 is 0. The van der Waals surface area contributed by atoms with Gasteiger partial charge in [0.05, 0.1) is 0 Å². The molecule has 25 heavy (non-hydrogen) atoms. The summed E-state index contributed by atoms with van der Waals surface area (Å²) in [6.45, 7) is 8.18. The third-order valence-corrected chi connectivity index (χ3v) is 3.64. The van der Waals surface area contributed by atoms with E-state index >= 15 is 0 Å². The molecular weight excluding hydrogens is 316 g/mol. The molecule has 0 aliphatic carbocycles. The van der Waals surface area contributed by atoms with Gasteiger partial charge in [-0.15, -0.1) is 0 Å². The number of carbonyl (C=O) groups is 2. The number of nitrogens with one attached hydrogen (secondary N) is 2. The molecule has 2 aromatic rings. The Morgan fingerprint density at radius 1 is 1.12 bits per heavy atom. The summed E-state index contributed by atoms with van der Waals surface area (Å²) in [5.41, 5.74) is 2.42. The van der Waals surface area contributed by atoms with Gasteiger partial charge in [0, 0.05) is 23.5 Å². The lowest BCUT2D eigenvalue weighted by Crippen LogP contribution is -2.26. The highest BCUT2D eigenvalue weighted by Crippen LogP contribution is 2.15. The number of aryl methyl sites for hydroxylation is 1. The SMILES string of the molecule is CC(=O)c1ccc(Nc2nc(C)cc(C(=O)NCCC(C)C)n2)cc1. The van der Waals surface area contributed by atoms with Crippen LogP contribution in [0.2, 0.25) is 0 Å². The van der Waals surface area contributed by atoms with Crippen LogP contribution >= 0.6 is 0 Å². The highest BCUT2D eigenvalue weighted by molar-refractivity contribution is 5.94. The molecule has 0 saturated heterocycles. The van der Waals surface area contributed by atoms with E-state index in [1.165, 1.54) is 6.92 Å². The van der Waals surface area contributed by atoms with E-state index in [2.05, 4.69) is 34.4 Å². The maximum Gasteiger partial charge on any atom is 0.270 e. The summed E-state index contributed by atoms with van der Waals surface area (Å²) in [6.07, 6.45) is 0.920. The highest BCUT2D eigenvalue weighted by atomic mass is 16.1. The van der Waals surface area contributed by atoms with Crippen LogP contribution in [-0.4, -0.2) is 28.2 Å². The van der Waals surface area contributed by atoms with Gasteiger partial charge in [-0.05, 0) is 56.5 Å². The fraction of sp³-hybridized carbons (Fsp3) is 0.368. The molecular formula is C19H24N4O2. The molecule has 2 N–H and O–H groups in total. The maximum absolute atomic E-state index is 12.2. The number of hydrogen-bond acceptors (Lipinski definition) is 5. The predicted octanol–water partition coefficient (Wildman–Crippen LogP) is 3.51. The summed E-state index contributed by atoms with van der Waals surface area (Å²) in [5.74, 6) is 0.687. The van der Waals surface area contributed by atoms with Crippen LogP contribution in [0.15, 0.2) is 30.3 Å². The largest absolute Gasteiger partial charge is 0.351 e. The van der Waals surface area contributed by atoms with Gasteiger partial charge in [0.1, 0.15) is 5.69 Å². The minimum atomic E-state index is -0.207. The van der Waals surface area contributed by atoms with Crippen LogP contribution in [0.5, 0.6) is 0 Å². The van der Waals surface area contributed by atoms with Gasteiger partial charge in [-0.25, -0.2) is 9.97 Å². The van der Waals surface area contributed by atoms with E-state index < -0.39 is 0 Å². The number of ketones is 1. The molecule has 0 bridgehead atoms. The molecule has 0 unspecified atom stereocenters. The van der Waals surface area contributed by atoms with Crippen LogP contribution in [0.4, 0.5) is 11.6 Å². The Bertz CT molecular complexity index is 755. The zero-order chi connectivity index (χ0) is 18.4. The molecule has 0 fully saturated rings. The second-order valence-electron chi connectivity index (χ2n) is 6.42. The van der Waals surface area contributed by atoms with Crippen LogP contribution in [-0.2, 0) is 0 Å². The Balaban J connectivity index is 2.10. The second kappa shape index (κ2) is 8.37. The summed E-state index contributed by atoms with van der Waals surface area (Å²) in [5, 5.41) is 5.94. The van der Waals surface area contributed by atoms with Crippen molar-refractivity contribution in [1.82, 2.24) is 15.3 Å². The summed E-state index contributed by atoms with van der Waals surface area (Å²) < 4.78 is 0. The van der Waals surface area contributed by atoms with Gasteiger partial charge >= 0.3 is 0 Å². The van der Waals surface area contributed by atoms with Gasteiger partial charge in [-0.3, -0.25) is 9.59 Å². The molecule has 132 valence electrons. The number of hydrogen-bond donors (Lipinski definition) is 2. The van der Waals surface area contributed by atoms with Crippen molar-refractivity contribution in [2.45, 2.75) is 34.1 Å². The van der Waals surface area contributed by atoms with Crippen molar-refractivity contribution in [2.24, 2.45) is 5.92 Å². The smallest absolute Gasteiger partial charge is 0.270 e. The second-order valence-corrected chi connectivity index (χ2v) is 6.42. The van der Waals surface area contributed by atoms with Gasteiger partial charge in [-0.1, -0.05) is 13.8 Å². The van der Waals surface area contributed by atoms with Crippen LogP contribution in [0.3, 0.4) is 0 Å². The fourth-order valence-electron chi connectivity index (χ4n) is 2.22. The topological polar surface area (TPSA) is 84.0 Å². The lowest BCUT2D eigenvalue weighted by atomic mass is 10.1. The zero-order valence-corrected chi connectivity index (χ0v) is 15.1. The zero-order valence-electron chi connectivity index (χ0n) is 15.1. The van der Waals surface area contributed by atoms with Crippen LogP contribution in [0.25, 0.3) is 0 Å². The van der Waals surface area contributed by atoms with E-state index in [0.29, 0.717) is 35.4 Å². The predicted molar refractivity (Wildman–Crippen MR) is 98.3 cm³/mol. The number of rotatable bonds is 7. The Hall–Kier alpha value is -2.76. The fourth-order valence-corrected chi connectivity index (χ4v) is 2.22. The van der Waals surface area contributed by atoms with E-state index in [1.54, 1.807) is 30.3 Å². The molecule has 1 aromatic heterocycles. The van der Waals surface area contributed by atoms with Crippen molar-refractivity contribution in [3.63, 3.8) is 0 Å². The highest BCUT2D eigenvalue weighted by Gasteiger charge is 2.11. The molecule has 1 amide bonds. The van der Waals surface area contributed by atoms with E-state index in [-0.39, 0.29) is 11.7 Å². The first kappa shape index (κ1) is 18.6. The lowest BCUT2D eigenvalue weighted by molar-refractivity contribution is 0.0946. The lowest BCUT2D eigenvalue weighted by Gasteiger charge is -2.10. The van der Waals surface area contributed by atoms with Crippen LogP contribution < -0.4 is 10.6 Å². The maximum atomic E-state index is 12.2. The molecule has 6 nitrogen and oxygen atoms in total. The van der Waals surface area contributed by atoms with E-state index in [9.17, 15) is 9.59 Å². The Morgan fingerprint density at radius 3 is 2.40 bits per heavy atom. The standard InChI is InChI=1S/C19H24N4O2/c1-12(2)9-10-20-18(25)17-11-13(3)21-19(23-17)22-16-7-5-15(6-8-16)14(4)24/h5-8,11-12H,9-10H2,1-4H3,(H,20,25)(H,21,22,23). The molecule has 0 atom stereocenters. The molecule has 0 aliphatic heterocycles. The summed E-state index contributed by atoms with van der Waals surface area (Å²) in [4.78, 5) is 32.1. The molecule has 0 aliphatic rings. The third kappa shape index (κ3) is 5.67. The number of anilines is 2. The van der Waals surface area contributed by atoms with Crippen LogP contribution in [0.1, 0.15) is 53.7 Å². The van der Waals surface area contributed by atoms with Gasteiger partial charge in [0.15, 0.2) is 5.78 Å². The normalized spacial score (nSPS) is 10.6. The van der Waals surface area contributed by atoms with Gasteiger partial charge in [0.2, 0.25) is 5.95 Å². The summed E-state index contributed by atoms with van der Waals surface area (Å²) in [7, 11) is 0. The van der Waals surface area contributed by atoms with Crippen molar-refractivity contribution in [2.75, 3.05) is 11.9 Å². The third-order valence-electron chi connectivity index (χ3n) is 3.64. The number of nitrogens with zero attached hydrogens (tertiary/aromatic N) is 2. The minimum Gasteiger partial charge on any atom is -0.351 e. The Morgan fingerprint density at radius 2 is 1.80 bits per heavy atom. The van der Waals surface area contributed by atoms with Gasteiger partial charge < -0.3 is 10.6 Å². The molecule has 2 rings (SSSR count). The molecule has 0 radical (unpaired) electrons. The number of amides is 1. The van der Waals surface area contributed by atoms with Crippen LogP contribution in [0, 0.1) is 12.8 Å². The number of aromatic nitrogens is 2. The molecule has 0 saturated carbocycles. The molecule has 0 spiro atoms. The van der Waals surface area contributed by atoms with E-state index in [0.717, 1.165) is 12.1 Å². The minimum absolute atomic E-state index is 0.0127. The van der Waals surface area contributed by atoms with Crippen molar-refractivity contribution in [1.29, 1.82) is 0 Å². The first-order valence-corrected chi connectivity index (χ1v) is 8.37. The molecule has 6 heteroatoms. The average Bonchev–Trinajstić information content (AvgIpc) is 2.54. The van der Waals surface area contributed by atoms with Crippen molar-refractivity contribution < 1.29 is 9.59 Å². The molecule has 1 heterocycles. The quantitative estimate of drug-likeness (QED) is 0.754. The average molecular weight is 340 g/mol. The number of benzene rings is 1. The van der Waals surface area contributed by atoms with E-state index in [1.807, 2.05) is 6.92 Å². The van der Waals surface area contributed by atoms with E-state index in [4.69, 9.17) is 0 Å². The van der Waals surface area contributed by atoms with Crippen molar-refractivity contribution >= 4 is 23.3 Å². The number of carbonyl (C=O) groups excluding carboxylic acids is 2. The first-order chi connectivity index (χ1) is 11.8. The molecule has 1 aromatic carbocycles. The monoisotopic (exact) mass is 340 g/mol. The summed E-state index contributed by atoms with van der Waals surface area (Å²) in [6, 6.07) is 8.70. The number of Topliss-reactive ketones (excluding diaryl/α,β-unsaturated/α-hetero) is 1. The Kier molecular flexibility index (Phi) is 6.22. The Labute approximate surface area is 148 Å². The van der Waals surface area contributed by atoms with Gasteiger partial charge in [-0.2, -0.15) is 0 Å².